The smallest absolute Gasteiger partial charge is 0.224 e. The van der Waals surface area contributed by atoms with Crippen molar-refractivity contribution in [1.82, 2.24) is 14.8 Å². The van der Waals surface area contributed by atoms with Gasteiger partial charge < -0.3 is 9.64 Å². The van der Waals surface area contributed by atoms with Gasteiger partial charge in [-0.25, -0.2) is 0 Å². The van der Waals surface area contributed by atoms with E-state index in [4.69, 9.17) is 4.74 Å². The Balaban J connectivity index is 1.79. The van der Waals surface area contributed by atoms with Crippen LogP contribution in [0.4, 0.5) is 0 Å². The molecule has 1 aromatic heterocycles. The molecule has 1 saturated heterocycles. The second-order valence-electron chi connectivity index (χ2n) is 5.29. The minimum atomic E-state index is 0.202. The molecule has 0 bridgehead atoms. The van der Waals surface area contributed by atoms with Crippen LogP contribution < -0.4 is 0 Å². The van der Waals surface area contributed by atoms with Crippen molar-refractivity contribution < 1.29 is 9.53 Å². The van der Waals surface area contributed by atoms with Gasteiger partial charge in [0.05, 0.1) is 18.7 Å². The molecule has 116 valence electrons. The molecule has 21 heavy (non-hydrogen) atoms. The molecule has 2 rings (SSSR count). The molecule has 1 amide bonds. The van der Waals surface area contributed by atoms with Crippen LogP contribution in [0.25, 0.3) is 0 Å². The van der Waals surface area contributed by atoms with Crippen LogP contribution in [0.1, 0.15) is 32.0 Å². The van der Waals surface area contributed by atoms with Gasteiger partial charge in [-0.1, -0.05) is 6.07 Å². The van der Waals surface area contributed by atoms with Crippen LogP contribution in [-0.4, -0.2) is 60.1 Å². The molecule has 2 heterocycles. The Bertz CT molecular complexity index is 430. The van der Waals surface area contributed by atoms with Crippen LogP contribution >= 0.6 is 0 Å². The lowest BCUT2D eigenvalue weighted by Crippen LogP contribution is -2.49. The summed E-state index contributed by atoms with van der Waals surface area (Å²) < 4.78 is 5.25. The molecule has 0 saturated carbocycles. The van der Waals surface area contributed by atoms with Crippen molar-refractivity contribution >= 4 is 5.91 Å². The molecule has 1 aliphatic heterocycles. The normalized spacial score (nSPS) is 17.7. The maximum absolute atomic E-state index is 12.0. The van der Waals surface area contributed by atoms with Crippen LogP contribution in [0.15, 0.2) is 24.4 Å². The molecule has 0 N–H and O–H groups in total. The molecule has 1 unspecified atom stereocenters. The average Bonchev–Trinajstić information content (AvgIpc) is 2.55. The Labute approximate surface area is 126 Å². The van der Waals surface area contributed by atoms with E-state index in [2.05, 4.69) is 22.9 Å². The fourth-order valence-electron chi connectivity index (χ4n) is 2.63. The lowest BCUT2D eigenvalue weighted by atomic mass is 10.1. The van der Waals surface area contributed by atoms with Crippen molar-refractivity contribution in [3.05, 3.63) is 30.1 Å². The second-order valence-corrected chi connectivity index (χ2v) is 5.29. The molecule has 0 aliphatic carbocycles. The van der Waals surface area contributed by atoms with E-state index in [1.165, 1.54) is 0 Å². The van der Waals surface area contributed by atoms with Crippen molar-refractivity contribution in [2.75, 3.05) is 39.4 Å². The van der Waals surface area contributed by atoms with Gasteiger partial charge in [0.2, 0.25) is 5.91 Å². The Morgan fingerprint density at radius 2 is 2.10 bits per heavy atom. The summed E-state index contributed by atoms with van der Waals surface area (Å²) >= 11 is 0. The van der Waals surface area contributed by atoms with E-state index in [1.807, 2.05) is 30.2 Å². The first-order valence-electron chi connectivity index (χ1n) is 7.73. The standard InChI is InChI=1S/C16H25N3O2/c1-3-21-13-7-16(20)19-11-9-18(10-12-19)14(2)15-6-4-5-8-17-15/h4-6,8,14H,3,7,9-13H2,1-2H3. The minimum absolute atomic E-state index is 0.202. The molecule has 1 atom stereocenters. The number of rotatable bonds is 6. The molecule has 1 aromatic rings. The first-order valence-corrected chi connectivity index (χ1v) is 7.73. The first-order chi connectivity index (χ1) is 10.2. The predicted octanol–water partition coefficient (Wildman–Crippen LogP) is 1.71. The Morgan fingerprint density at radius 1 is 1.33 bits per heavy atom. The summed E-state index contributed by atoms with van der Waals surface area (Å²) in [5.74, 6) is 0.202. The molecule has 1 fully saturated rings. The summed E-state index contributed by atoms with van der Waals surface area (Å²) in [5, 5.41) is 0. The van der Waals surface area contributed by atoms with Gasteiger partial charge in [-0.15, -0.1) is 0 Å². The number of aromatic nitrogens is 1. The lowest BCUT2D eigenvalue weighted by molar-refractivity contribution is -0.134. The highest BCUT2D eigenvalue weighted by Crippen LogP contribution is 2.19. The van der Waals surface area contributed by atoms with E-state index in [1.54, 1.807) is 0 Å². The quantitative estimate of drug-likeness (QED) is 0.749. The van der Waals surface area contributed by atoms with Gasteiger partial charge in [0, 0.05) is 45.0 Å². The van der Waals surface area contributed by atoms with E-state index >= 15 is 0 Å². The number of nitrogens with zero attached hydrogens (tertiary/aromatic N) is 3. The van der Waals surface area contributed by atoms with E-state index < -0.39 is 0 Å². The van der Waals surface area contributed by atoms with E-state index in [0.717, 1.165) is 31.9 Å². The van der Waals surface area contributed by atoms with Crippen molar-refractivity contribution in [3.8, 4) is 0 Å². The molecule has 0 spiro atoms. The van der Waals surface area contributed by atoms with Gasteiger partial charge in [-0.2, -0.15) is 0 Å². The fourth-order valence-corrected chi connectivity index (χ4v) is 2.63. The van der Waals surface area contributed by atoms with Gasteiger partial charge in [-0.05, 0) is 26.0 Å². The zero-order valence-electron chi connectivity index (χ0n) is 13.0. The molecular formula is C16H25N3O2. The third kappa shape index (κ3) is 4.51. The number of carbonyl (C=O) groups excluding carboxylic acids is 1. The summed E-state index contributed by atoms with van der Waals surface area (Å²) in [6.07, 6.45) is 2.32. The molecule has 0 aromatic carbocycles. The Hall–Kier alpha value is -1.46. The van der Waals surface area contributed by atoms with Crippen LogP contribution in [-0.2, 0) is 9.53 Å². The highest BCUT2D eigenvalue weighted by molar-refractivity contribution is 5.76. The number of pyridine rings is 1. The van der Waals surface area contributed by atoms with Gasteiger partial charge in [0.15, 0.2) is 0 Å². The number of piperazine rings is 1. The summed E-state index contributed by atoms with van der Waals surface area (Å²) in [5.41, 5.74) is 1.09. The van der Waals surface area contributed by atoms with Crippen molar-refractivity contribution in [2.24, 2.45) is 0 Å². The molecule has 0 radical (unpaired) electrons. The summed E-state index contributed by atoms with van der Waals surface area (Å²) in [6, 6.07) is 6.31. The minimum Gasteiger partial charge on any atom is -0.381 e. The third-order valence-electron chi connectivity index (χ3n) is 3.99. The monoisotopic (exact) mass is 291 g/mol. The number of ether oxygens (including phenoxy) is 1. The fraction of sp³-hybridized carbons (Fsp3) is 0.625. The third-order valence-corrected chi connectivity index (χ3v) is 3.99. The van der Waals surface area contributed by atoms with Gasteiger partial charge in [0.25, 0.3) is 0 Å². The zero-order valence-corrected chi connectivity index (χ0v) is 13.0. The van der Waals surface area contributed by atoms with E-state index in [-0.39, 0.29) is 5.91 Å². The van der Waals surface area contributed by atoms with Gasteiger partial charge >= 0.3 is 0 Å². The van der Waals surface area contributed by atoms with Crippen LogP contribution in [0.5, 0.6) is 0 Å². The Morgan fingerprint density at radius 3 is 2.71 bits per heavy atom. The second kappa shape index (κ2) is 8.10. The van der Waals surface area contributed by atoms with Gasteiger partial charge in [0.1, 0.15) is 0 Å². The SMILES string of the molecule is CCOCCC(=O)N1CCN(C(C)c2ccccn2)CC1. The van der Waals surface area contributed by atoms with E-state index in [9.17, 15) is 4.79 Å². The number of hydrogen-bond acceptors (Lipinski definition) is 4. The van der Waals surface area contributed by atoms with Crippen molar-refractivity contribution in [3.63, 3.8) is 0 Å². The zero-order chi connectivity index (χ0) is 15.1. The Kier molecular flexibility index (Phi) is 6.14. The summed E-state index contributed by atoms with van der Waals surface area (Å²) in [6.45, 7) is 8.71. The maximum Gasteiger partial charge on any atom is 0.224 e. The largest absolute Gasteiger partial charge is 0.381 e. The van der Waals surface area contributed by atoms with Gasteiger partial charge in [-0.3, -0.25) is 14.7 Å². The molecule has 5 heteroatoms. The van der Waals surface area contributed by atoms with Crippen LogP contribution in [0.3, 0.4) is 0 Å². The lowest BCUT2D eigenvalue weighted by Gasteiger charge is -2.37. The number of hydrogen-bond donors (Lipinski definition) is 0. The van der Waals surface area contributed by atoms with Crippen LogP contribution in [0.2, 0.25) is 0 Å². The van der Waals surface area contributed by atoms with Crippen molar-refractivity contribution in [1.29, 1.82) is 0 Å². The topological polar surface area (TPSA) is 45.7 Å². The average molecular weight is 291 g/mol. The highest BCUT2D eigenvalue weighted by atomic mass is 16.5. The maximum atomic E-state index is 12.0. The predicted molar refractivity (Wildman–Crippen MR) is 81.9 cm³/mol. The molecule has 1 aliphatic rings. The highest BCUT2D eigenvalue weighted by Gasteiger charge is 2.24. The summed E-state index contributed by atoms with van der Waals surface area (Å²) in [4.78, 5) is 20.8. The number of carbonyl (C=O) groups is 1. The van der Waals surface area contributed by atoms with Crippen molar-refractivity contribution in [2.45, 2.75) is 26.3 Å². The van der Waals surface area contributed by atoms with E-state index in [0.29, 0.717) is 25.7 Å². The first kappa shape index (κ1) is 15.9. The molecular weight excluding hydrogens is 266 g/mol. The van der Waals surface area contributed by atoms with Crippen LogP contribution in [0, 0.1) is 0 Å². The number of amides is 1. The summed E-state index contributed by atoms with van der Waals surface area (Å²) in [7, 11) is 0. The molecule has 5 nitrogen and oxygen atoms in total.